The second kappa shape index (κ2) is 4.94. The minimum Gasteiger partial charge on any atom is -0.376 e. The Morgan fingerprint density at radius 2 is 2.18 bits per heavy atom. The maximum Gasteiger partial charge on any atom is 0.101 e. The molecule has 1 atom stereocenters. The van der Waals surface area contributed by atoms with E-state index in [0.717, 1.165) is 25.3 Å². The lowest BCUT2D eigenvalue weighted by Crippen LogP contribution is -2.22. The largest absolute Gasteiger partial charge is 0.376 e. The third kappa shape index (κ3) is 2.20. The van der Waals surface area contributed by atoms with Gasteiger partial charge in [-0.05, 0) is 25.7 Å². The second-order valence-corrected chi connectivity index (χ2v) is 5.27. The summed E-state index contributed by atoms with van der Waals surface area (Å²) in [7, 11) is 0. The summed E-state index contributed by atoms with van der Waals surface area (Å²) in [5, 5.41) is 8.46. The third-order valence-electron chi connectivity index (χ3n) is 3.87. The van der Waals surface area contributed by atoms with Crippen molar-refractivity contribution in [2.75, 3.05) is 6.61 Å². The molecule has 2 aliphatic rings. The highest BCUT2D eigenvalue weighted by atomic mass is 35.5. The lowest BCUT2D eigenvalue weighted by atomic mass is 9.82. The summed E-state index contributed by atoms with van der Waals surface area (Å²) in [6.45, 7) is 1.73. The zero-order valence-electron chi connectivity index (χ0n) is 9.94. The molecule has 2 fully saturated rings. The minimum absolute atomic E-state index is 0.318. The summed E-state index contributed by atoms with van der Waals surface area (Å²) in [6, 6.07) is 0. The highest BCUT2D eigenvalue weighted by Gasteiger charge is 2.28. The second-order valence-electron chi connectivity index (χ2n) is 5.00. The lowest BCUT2D eigenvalue weighted by Gasteiger charge is -2.27. The zero-order chi connectivity index (χ0) is 11.7. The molecule has 5 heteroatoms. The van der Waals surface area contributed by atoms with Crippen LogP contribution in [0.3, 0.4) is 0 Å². The molecule has 0 bridgehead atoms. The summed E-state index contributed by atoms with van der Waals surface area (Å²) in [4.78, 5) is 0. The fourth-order valence-electron chi connectivity index (χ4n) is 2.70. The number of alkyl halides is 1. The predicted octanol–water partition coefficient (Wildman–Crippen LogP) is 2.46. The Hall–Kier alpha value is -0.610. The van der Waals surface area contributed by atoms with Crippen molar-refractivity contribution in [3.63, 3.8) is 0 Å². The van der Waals surface area contributed by atoms with Gasteiger partial charge in [-0.15, -0.1) is 16.7 Å². The Labute approximate surface area is 106 Å². The van der Waals surface area contributed by atoms with Crippen molar-refractivity contribution < 1.29 is 4.74 Å². The molecule has 1 aromatic rings. The summed E-state index contributed by atoms with van der Waals surface area (Å²) in [5.74, 6) is 1.09. The smallest absolute Gasteiger partial charge is 0.101 e. The molecule has 1 unspecified atom stereocenters. The number of hydrogen-bond donors (Lipinski definition) is 0. The van der Waals surface area contributed by atoms with Crippen molar-refractivity contribution in [1.29, 1.82) is 0 Å². The van der Waals surface area contributed by atoms with Gasteiger partial charge in [-0.3, -0.25) is 0 Å². The Balaban J connectivity index is 1.79. The molecule has 1 aromatic heterocycles. The first kappa shape index (κ1) is 11.5. The van der Waals surface area contributed by atoms with Gasteiger partial charge in [0, 0.05) is 12.5 Å². The molecule has 1 aliphatic carbocycles. The van der Waals surface area contributed by atoms with Gasteiger partial charge in [-0.2, -0.15) is 0 Å². The van der Waals surface area contributed by atoms with Crippen LogP contribution in [0.25, 0.3) is 0 Å². The van der Waals surface area contributed by atoms with E-state index in [1.165, 1.54) is 31.4 Å². The molecule has 2 heterocycles. The fraction of sp³-hybridized carbons (Fsp3) is 0.833. The van der Waals surface area contributed by atoms with Crippen molar-refractivity contribution in [3.8, 4) is 0 Å². The van der Waals surface area contributed by atoms with E-state index in [1.807, 2.05) is 4.68 Å². The summed E-state index contributed by atoms with van der Waals surface area (Å²) < 4.78 is 7.70. The number of hydrogen-bond acceptors (Lipinski definition) is 3. The Kier molecular flexibility index (Phi) is 3.34. The van der Waals surface area contributed by atoms with Gasteiger partial charge in [-0.25, -0.2) is 4.68 Å². The van der Waals surface area contributed by atoms with Crippen LogP contribution < -0.4 is 0 Å². The van der Waals surface area contributed by atoms with Gasteiger partial charge < -0.3 is 4.74 Å². The third-order valence-corrected chi connectivity index (χ3v) is 4.12. The molecule has 0 radical (unpaired) electrons. The van der Waals surface area contributed by atoms with Gasteiger partial charge in [-0.1, -0.05) is 11.6 Å². The number of aromatic nitrogens is 3. The molecular formula is C12H18ClN3O. The van der Waals surface area contributed by atoms with E-state index >= 15 is 0 Å². The molecule has 0 N–H and O–H groups in total. The van der Waals surface area contributed by atoms with Gasteiger partial charge in [0.15, 0.2) is 0 Å². The van der Waals surface area contributed by atoms with Crippen LogP contribution in [0, 0.1) is 0 Å². The predicted molar refractivity (Wildman–Crippen MR) is 65.1 cm³/mol. The van der Waals surface area contributed by atoms with E-state index in [1.54, 1.807) is 0 Å². The number of nitrogens with zero attached hydrogens (tertiary/aromatic N) is 3. The van der Waals surface area contributed by atoms with E-state index < -0.39 is 0 Å². The SMILES string of the molecule is ClCc1nnn(CC2CCCO2)c1C1CCC1. The molecule has 1 saturated carbocycles. The maximum atomic E-state index is 5.94. The normalized spacial score (nSPS) is 25.1. The summed E-state index contributed by atoms with van der Waals surface area (Å²) in [5.41, 5.74) is 2.23. The van der Waals surface area contributed by atoms with Gasteiger partial charge in [0.2, 0.25) is 0 Å². The van der Waals surface area contributed by atoms with Crippen LogP contribution in [0.1, 0.15) is 49.4 Å². The minimum atomic E-state index is 0.318. The van der Waals surface area contributed by atoms with Crippen LogP contribution >= 0.6 is 11.6 Å². The monoisotopic (exact) mass is 255 g/mol. The van der Waals surface area contributed by atoms with Crippen molar-refractivity contribution in [3.05, 3.63) is 11.4 Å². The Morgan fingerprint density at radius 3 is 2.76 bits per heavy atom. The zero-order valence-corrected chi connectivity index (χ0v) is 10.7. The highest BCUT2D eigenvalue weighted by Crippen LogP contribution is 2.38. The van der Waals surface area contributed by atoms with Gasteiger partial charge in [0.25, 0.3) is 0 Å². The van der Waals surface area contributed by atoms with Crippen LogP contribution in [0.4, 0.5) is 0 Å². The van der Waals surface area contributed by atoms with E-state index in [4.69, 9.17) is 16.3 Å². The maximum absolute atomic E-state index is 5.94. The molecule has 1 aliphatic heterocycles. The van der Waals surface area contributed by atoms with Crippen LogP contribution in [0.2, 0.25) is 0 Å². The average molecular weight is 256 g/mol. The number of halogens is 1. The average Bonchev–Trinajstić information content (AvgIpc) is 2.88. The first-order chi connectivity index (χ1) is 8.38. The van der Waals surface area contributed by atoms with E-state index in [2.05, 4.69) is 10.3 Å². The van der Waals surface area contributed by atoms with Crippen LogP contribution in [-0.4, -0.2) is 27.7 Å². The van der Waals surface area contributed by atoms with Crippen molar-refractivity contribution in [2.45, 2.75) is 56.6 Å². The van der Waals surface area contributed by atoms with Crippen molar-refractivity contribution in [1.82, 2.24) is 15.0 Å². The van der Waals surface area contributed by atoms with Gasteiger partial charge in [0.1, 0.15) is 5.69 Å². The van der Waals surface area contributed by atoms with Crippen LogP contribution in [0.5, 0.6) is 0 Å². The Morgan fingerprint density at radius 1 is 1.29 bits per heavy atom. The first-order valence-corrected chi connectivity index (χ1v) is 7.01. The van der Waals surface area contributed by atoms with E-state index in [0.29, 0.717) is 17.9 Å². The molecule has 17 heavy (non-hydrogen) atoms. The molecule has 1 saturated heterocycles. The Bertz CT molecular complexity index is 383. The van der Waals surface area contributed by atoms with E-state index in [-0.39, 0.29) is 0 Å². The molecular weight excluding hydrogens is 238 g/mol. The standard InChI is InChI=1S/C12H18ClN3O/c13-7-11-12(9-3-1-4-9)16(15-14-11)8-10-5-2-6-17-10/h9-10H,1-8H2. The first-order valence-electron chi connectivity index (χ1n) is 6.48. The molecule has 0 aromatic carbocycles. The van der Waals surface area contributed by atoms with Gasteiger partial charge >= 0.3 is 0 Å². The van der Waals surface area contributed by atoms with Crippen molar-refractivity contribution >= 4 is 11.6 Å². The quantitative estimate of drug-likeness (QED) is 0.776. The fourth-order valence-corrected chi connectivity index (χ4v) is 2.89. The highest BCUT2D eigenvalue weighted by molar-refractivity contribution is 6.16. The van der Waals surface area contributed by atoms with Crippen molar-refractivity contribution in [2.24, 2.45) is 0 Å². The number of rotatable bonds is 4. The molecule has 3 rings (SSSR count). The molecule has 0 amide bonds. The molecule has 0 spiro atoms. The van der Waals surface area contributed by atoms with Crippen LogP contribution in [0.15, 0.2) is 0 Å². The van der Waals surface area contributed by atoms with Crippen LogP contribution in [-0.2, 0) is 17.2 Å². The lowest BCUT2D eigenvalue weighted by molar-refractivity contribution is 0.0919. The molecule has 94 valence electrons. The summed E-state index contributed by atoms with van der Waals surface area (Å²) >= 11 is 5.94. The number of ether oxygens (including phenoxy) is 1. The van der Waals surface area contributed by atoms with E-state index in [9.17, 15) is 0 Å². The summed E-state index contributed by atoms with van der Waals surface area (Å²) in [6.07, 6.45) is 6.45. The topological polar surface area (TPSA) is 39.9 Å². The molecule has 4 nitrogen and oxygen atoms in total. The van der Waals surface area contributed by atoms with Gasteiger partial charge in [0.05, 0.1) is 24.2 Å².